The number of ether oxygens (including phenoxy) is 1. The summed E-state index contributed by atoms with van der Waals surface area (Å²) >= 11 is 2.28. The Balaban J connectivity index is 1.33. The Morgan fingerprint density at radius 2 is 1.89 bits per heavy atom. The number of urea groups is 1. The molecular formula is C27H32N4O4S2. The van der Waals surface area contributed by atoms with Gasteiger partial charge in [-0.15, -0.1) is 11.3 Å². The molecule has 0 atom stereocenters. The summed E-state index contributed by atoms with van der Waals surface area (Å²) in [5, 5.41) is 9.68. The lowest BCUT2D eigenvalue weighted by atomic mass is 9.86. The highest BCUT2D eigenvalue weighted by Gasteiger charge is 2.26. The van der Waals surface area contributed by atoms with Crippen molar-refractivity contribution in [1.29, 1.82) is 0 Å². The van der Waals surface area contributed by atoms with Crippen LogP contribution in [0, 0.1) is 0 Å². The van der Waals surface area contributed by atoms with Crippen molar-refractivity contribution < 1.29 is 18.9 Å². The van der Waals surface area contributed by atoms with E-state index < -0.39 is 0 Å². The van der Waals surface area contributed by atoms with E-state index in [1.807, 2.05) is 62.5 Å². The number of amides is 3. The Hall–Kier alpha value is -3.08. The number of nitrogens with one attached hydrogen (secondary N) is 3. The van der Waals surface area contributed by atoms with Gasteiger partial charge in [-0.2, -0.15) is 0 Å². The number of carbonyl (C=O) groups excluding carboxylic acids is 2. The normalized spacial score (nSPS) is 17.3. The van der Waals surface area contributed by atoms with Crippen LogP contribution in [-0.2, 0) is 11.3 Å². The Labute approximate surface area is 225 Å². The standard InChI is InChI=1S/C27H32N4O4S2/c1-17(2)35-27(33)31-20-10-8-19(9-11-20)25-28-16-24(36-25)22-13-12-21(14-23(22)37-34)30-26(32)29-15-18-6-4-3-5-7-18/h3-7,12-14,16-17,19-20,34H,8-11,15H2,1-2H3,(H,31,33)(H2,29,30,32)/t19-,20+. The van der Waals surface area contributed by atoms with Crippen LogP contribution < -0.4 is 16.0 Å². The largest absolute Gasteiger partial charge is 0.447 e. The first-order valence-corrected chi connectivity index (χ1v) is 14.0. The van der Waals surface area contributed by atoms with Crippen LogP contribution in [0.25, 0.3) is 10.4 Å². The molecule has 0 aliphatic heterocycles. The molecule has 1 fully saturated rings. The van der Waals surface area contributed by atoms with Gasteiger partial charge in [-0.25, -0.2) is 14.6 Å². The molecule has 1 saturated carbocycles. The van der Waals surface area contributed by atoms with E-state index in [0.29, 0.717) is 35.1 Å². The first-order valence-electron chi connectivity index (χ1n) is 12.4. The second-order valence-electron chi connectivity index (χ2n) is 9.31. The molecule has 1 aliphatic carbocycles. The molecule has 2 aromatic carbocycles. The van der Waals surface area contributed by atoms with Crippen LogP contribution in [-0.4, -0.2) is 33.8 Å². The van der Waals surface area contributed by atoms with Crippen LogP contribution in [0.2, 0.25) is 0 Å². The summed E-state index contributed by atoms with van der Waals surface area (Å²) in [6, 6.07) is 15.0. The maximum Gasteiger partial charge on any atom is 0.407 e. The van der Waals surface area contributed by atoms with E-state index in [1.54, 1.807) is 17.4 Å². The summed E-state index contributed by atoms with van der Waals surface area (Å²) < 4.78 is 15.1. The molecule has 1 heterocycles. The summed E-state index contributed by atoms with van der Waals surface area (Å²) in [4.78, 5) is 30.5. The Kier molecular flexibility index (Phi) is 9.43. The fourth-order valence-corrected chi connectivity index (χ4v) is 5.98. The minimum Gasteiger partial charge on any atom is -0.447 e. The number of hydrogen-bond acceptors (Lipinski definition) is 7. The summed E-state index contributed by atoms with van der Waals surface area (Å²) in [6.07, 6.45) is 5.03. The number of alkyl carbamates (subject to hydrolysis) is 1. The molecule has 10 heteroatoms. The number of aromatic nitrogens is 1. The molecule has 0 saturated heterocycles. The van der Waals surface area contributed by atoms with Crippen molar-refractivity contribution >= 4 is 41.2 Å². The number of benzene rings is 2. The second-order valence-corrected chi connectivity index (χ2v) is 11.0. The van der Waals surface area contributed by atoms with Gasteiger partial charge in [0.1, 0.15) is 0 Å². The van der Waals surface area contributed by atoms with Crippen molar-refractivity contribution in [3.63, 3.8) is 0 Å². The molecule has 37 heavy (non-hydrogen) atoms. The van der Waals surface area contributed by atoms with Gasteiger partial charge in [0.05, 0.1) is 16.0 Å². The van der Waals surface area contributed by atoms with E-state index in [4.69, 9.17) is 4.74 Å². The lowest BCUT2D eigenvalue weighted by Crippen LogP contribution is -2.38. The van der Waals surface area contributed by atoms with Crippen molar-refractivity contribution in [2.24, 2.45) is 0 Å². The van der Waals surface area contributed by atoms with Crippen LogP contribution in [0.1, 0.15) is 56.0 Å². The monoisotopic (exact) mass is 540 g/mol. The molecule has 196 valence electrons. The van der Waals surface area contributed by atoms with Gasteiger partial charge in [0.2, 0.25) is 0 Å². The fourth-order valence-electron chi connectivity index (χ4n) is 4.33. The number of rotatable bonds is 8. The van der Waals surface area contributed by atoms with Gasteiger partial charge in [0.25, 0.3) is 0 Å². The maximum absolute atomic E-state index is 12.3. The molecule has 1 aliphatic rings. The zero-order chi connectivity index (χ0) is 26.2. The molecule has 0 radical (unpaired) electrons. The summed E-state index contributed by atoms with van der Waals surface area (Å²) in [5.41, 5.74) is 2.48. The van der Waals surface area contributed by atoms with Crippen molar-refractivity contribution in [2.75, 3.05) is 5.32 Å². The van der Waals surface area contributed by atoms with E-state index >= 15 is 0 Å². The summed E-state index contributed by atoms with van der Waals surface area (Å²) in [5.74, 6) is 0.345. The molecule has 4 rings (SSSR count). The van der Waals surface area contributed by atoms with Crippen molar-refractivity contribution in [1.82, 2.24) is 15.6 Å². The van der Waals surface area contributed by atoms with E-state index in [0.717, 1.165) is 46.7 Å². The molecule has 3 amide bonds. The molecule has 1 aromatic heterocycles. The van der Waals surface area contributed by atoms with Gasteiger partial charge < -0.3 is 25.2 Å². The number of hydrogen-bond donors (Lipinski definition) is 4. The van der Waals surface area contributed by atoms with Gasteiger partial charge in [0, 0.05) is 52.9 Å². The van der Waals surface area contributed by atoms with Crippen molar-refractivity contribution in [2.45, 2.75) is 69.0 Å². The van der Waals surface area contributed by atoms with E-state index in [-0.39, 0.29) is 24.3 Å². The lowest BCUT2D eigenvalue weighted by Gasteiger charge is -2.28. The molecule has 0 spiro atoms. The van der Waals surface area contributed by atoms with Gasteiger partial charge in [-0.05, 0) is 57.2 Å². The first kappa shape index (κ1) is 27.0. The quantitative estimate of drug-likeness (QED) is 0.232. The van der Waals surface area contributed by atoms with Crippen LogP contribution in [0.15, 0.2) is 59.6 Å². The molecular weight excluding hydrogens is 508 g/mol. The van der Waals surface area contributed by atoms with Gasteiger partial charge in [0.15, 0.2) is 0 Å². The average molecular weight is 541 g/mol. The van der Waals surface area contributed by atoms with E-state index in [1.165, 1.54) is 0 Å². The van der Waals surface area contributed by atoms with E-state index in [2.05, 4.69) is 20.9 Å². The summed E-state index contributed by atoms with van der Waals surface area (Å²) in [7, 11) is 0. The van der Waals surface area contributed by atoms with E-state index in [9.17, 15) is 14.1 Å². The Morgan fingerprint density at radius 1 is 1.14 bits per heavy atom. The molecule has 4 N–H and O–H groups in total. The third-order valence-corrected chi connectivity index (χ3v) is 7.89. The molecule has 0 bridgehead atoms. The van der Waals surface area contributed by atoms with Crippen molar-refractivity contribution in [3.05, 3.63) is 65.3 Å². The SMILES string of the molecule is CC(C)OC(=O)N[C@H]1CC[C@@H](c2ncc(-c3ccc(NC(=O)NCc4ccccc4)cc3SO)s2)CC1. The minimum absolute atomic E-state index is 0.129. The van der Waals surface area contributed by atoms with Crippen LogP contribution in [0.3, 0.4) is 0 Å². The number of nitrogens with zero attached hydrogens (tertiary/aromatic N) is 1. The second kappa shape index (κ2) is 12.9. The Morgan fingerprint density at radius 3 is 2.59 bits per heavy atom. The highest BCUT2D eigenvalue weighted by Crippen LogP contribution is 2.40. The number of anilines is 1. The van der Waals surface area contributed by atoms with Crippen LogP contribution in [0.4, 0.5) is 15.3 Å². The predicted molar refractivity (Wildman–Crippen MR) is 148 cm³/mol. The third kappa shape index (κ3) is 7.70. The van der Waals surface area contributed by atoms with Crippen LogP contribution in [0.5, 0.6) is 0 Å². The molecule has 8 nitrogen and oxygen atoms in total. The topological polar surface area (TPSA) is 113 Å². The van der Waals surface area contributed by atoms with Crippen molar-refractivity contribution in [3.8, 4) is 10.4 Å². The highest BCUT2D eigenvalue weighted by molar-refractivity contribution is 7.94. The van der Waals surface area contributed by atoms with Gasteiger partial charge >= 0.3 is 12.1 Å². The first-order chi connectivity index (χ1) is 17.9. The minimum atomic E-state index is -0.351. The fraction of sp³-hybridized carbons (Fsp3) is 0.370. The number of carbonyl (C=O) groups is 2. The molecule has 0 unspecified atom stereocenters. The summed E-state index contributed by atoms with van der Waals surface area (Å²) in [6.45, 7) is 4.10. The zero-order valence-electron chi connectivity index (χ0n) is 20.9. The zero-order valence-corrected chi connectivity index (χ0v) is 22.5. The third-order valence-electron chi connectivity index (χ3n) is 6.16. The number of thiazole rings is 1. The predicted octanol–water partition coefficient (Wildman–Crippen LogP) is 6.86. The highest BCUT2D eigenvalue weighted by atomic mass is 32.2. The maximum atomic E-state index is 12.3. The smallest absolute Gasteiger partial charge is 0.407 e. The lowest BCUT2D eigenvalue weighted by molar-refractivity contribution is 0.109. The van der Waals surface area contributed by atoms with Crippen LogP contribution >= 0.6 is 23.4 Å². The Bertz CT molecular complexity index is 1190. The molecule has 3 aromatic rings. The van der Waals surface area contributed by atoms with Gasteiger partial charge in [-0.3, -0.25) is 0 Å². The average Bonchev–Trinajstić information content (AvgIpc) is 3.38. The van der Waals surface area contributed by atoms with Gasteiger partial charge in [-0.1, -0.05) is 36.4 Å².